The number of halogens is 2. The van der Waals surface area contributed by atoms with E-state index in [9.17, 15) is 4.79 Å². The Labute approximate surface area is 103 Å². The topological polar surface area (TPSA) is 49.3 Å². The molecular weight excluding hydrogens is 249 g/mol. The molecular formula is C11H11Cl2NO2. The Kier molecular flexibility index (Phi) is 3.38. The molecule has 0 bridgehead atoms. The van der Waals surface area contributed by atoms with Gasteiger partial charge in [-0.1, -0.05) is 23.2 Å². The average Bonchev–Trinajstić information content (AvgIpc) is 2.70. The summed E-state index contributed by atoms with van der Waals surface area (Å²) in [6.07, 6.45) is 0. The second-order valence-corrected chi connectivity index (χ2v) is 4.72. The molecule has 1 heterocycles. The first-order valence-corrected chi connectivity index (χ1v) is 5.73. The molecule has 3 nitrogen and oxygen atoms in total. The number of hydrogen-bond donors (Lipinski definition) is 2. The van der Waals surface area contributed by atoms with Gasteiger partial charge in [-0.3, -0.25) is 4.79 Å². The van der Waals surface area contributed by atoms with Crippen LogP contribution in [-0.4, -0.2) is 24.2 Å². The second kappa shape index (κ2) is 4.62. The predicted octanol–water partition coefficient (Wildman–Crippen LogP) is 2.38. The summed E-state index contributed by atoms with van der Waals surface area (Å²) in [5, 5.41) is 13.3. The van der Waals surface area contributed by atoms with E-state index in [4.69, 9.17) is 28.3 Å². The minimum absolute atomic E-state index is 0.108. The van der Waals surface area contributed by atoms with Crippen LogP contribution in [0.15, 0.2) is 18.2 Å². The second-order valence-electron chi connectivity index (χ2n) is 3.88. The van der Waals surface area contributed by atoms with E-state index in [0.29, 0.717) is 23.1 Å². The fourth-order valence-corrected chi connectivity index (χ4v) is 2.50. The molecule has 86 valence electrons. The molecule has 1 aromatic rings. The molecule has 2 N–H and O–H groups in total. The molecule has 16 heavy (non-hydrogen) atoms. The van der Waals surface area contributed by atoms with E-state index < -0.39 is 11.9 Å². The zero-order valence-electron chi connectivity index (χ0n) is 8.41. The largest absolute Gasteiger partial charge is 0.481 e. The number of rotatable bonds is 2. The molecule has 0 saturated carbocycles. The third-order valence-electron chi connectivity index (χ3n) is 2.89. The van der Waals surface area contributed by atoms with Crippen LogP contribution in [0.4, 0.5) is 0 Å². The van der Waals surface area contributed by atoms with Crippen molar-refractivity contribution in [1.82, 2.24) is 5.32 Å². The summed E-state index contributed by atoms with van der Waals surface area (Å²) in [4.78, 5) is 11.1. The highest BCUT2D eigenvalue weighted by atomic mass is 35.5. The number of nitrogens with one attached hydrogen (secondary N) is 1. The van der Waals surface area contributed by atoms with Crippen LogP contribution in [-0.2, 0) is 4.79 Å². The molecule has 2 rings (SSSR count). The SMILES string of the molecule is O=C(O)C1CNCC1c1cc(Cl)ccc1Cl. The summed E-state index contributed by atoms with van der Waals surface area (Å²) in [5.41, 5.74) is 0.812. The van der Waals surface area contributed by atoms with Crippen LogP contribution in [0.3, 0.4) is 0 Å². The molecule has 0 spiro atoms. The van der Waals surface area contributed by atoms with Crippen LogP contribution < -0.4 is 5.32 Å². The summed E-state index contributed by atoms with van der Waals surface area (Å²) in [6.45, 7) is 1.10. The first-order chi connectivity index (χ1) is 7.59. The van der Waals surface area contributed by atoms with Gasteiger partial charge in [0.1, 0.15) is 0 Å². The molecule has 5 heteroatoms. The van der Waals surface area contributed by atoms with Gasteiger partial charge >= 0.3 is 5.97 Å². The van der Waals surface area contributed by atoms with Gasteiger partial charge in [-0.05, 0) is 23.8 Å². The van der Waals surface area contributed by atoms with E-state index in [-0.39, 0.29) is 5.92 Å². The Morgan fingerprint density at radius 1 is 1.38 bits per heavy atom. The van der Waals surface area contributed by atoms with Crippen molar-refractivity contribution in [1.29, 1.82) is 0 Å². The number of carboxylic acids is 1. The van der Waals surface area contributed by atoms with Crippen LogP contribution >= 0.6 is 23.2 Å². The van der Waals surface area contributed by atoms with Crippen LogP contribution in [0.1, 0.15) is 11.5 Å². The van der Waals surface area contributed by atoms with Crippen LogP contribution in [0.5, 0.6) is 0 Å². The number of carboxylic acid groups (broad SMARTS) is 1. The van der Waals surface area contributed by atoms with Gasteiger partial charge in [0.05, 0.1) is 5.92 Å². The van der Waals surface area contributed by atoms with Crippen molar-refractivity contribution in [2.75, 3.05) is 13.1 Å². The Morgan fingerprint density at radius 3 is 2.81 bits per heavy atom. The Balaban J connectivity index is 2.35. The lowest BCUT2D eigenvalue weighted by atomic mass is 9.89. The van der Waals surface area contributed by atoms with Crippen molar-refractivity contribution in [2.24, 2.45) is 5.92 Å². The van der Waals surface area contributed by atoms with Gasteiger partial charge in [-0.2, -0.15) is 0 Å². The van der Waals surface area contributed by atoms with E-state index in [1.165, 1.54) is 0 Å². The fraction of sp³-hybridized carbons (Fsp3) is 0.364. The lowest BCUT2D eigenvalue weighted by Crippen LogP contribution is -2.21. The van der Waals surface area contributed by atoms with Crippen molar-refractivity contribution in [3.05, 3.63) is 33.8 Å². The van der Waals surface area contributed by atoms with Crippen molar-refractivity contribution in [3.8, 4) is 0 Å². The minimum atomic E-state index is -0.800. The first kappa shape index (κ1) is 11.7. The maximum absolute atomic E-state index is 11.1. The molecule has 0 amide bonds. The summed E-state index contributed by atoms with van der Waals surface area (Å²) >= 11 is 12.0. The van der Waals surface area contributed by atoms with Gasteiger partial charge in [-0.15, -0.1) is 0 Å². The van der Waals surface area contributed by atoms with Gasteiger partial charge in [0.25, 0.3) is 0 Å². The zero-order chi connectivity index (χ0) is 11.7. The van der Waals surface area contributed by atoms with Gasteiger partial charge < -0.3 is 10.4 Å². The van der Waals surface area contributed by atoms with Crippen molar-refractivity contribution < 1.29 is 9.90 Å². The lowest BCUT2D eigenvalue weighted by molar-refractivity contribution is -0.141. The molecule has 2 unspecified atom stereocenters. The standard InChI is InChI=1S/C11H11Cl2NO2/c12-6-1-2-10(13)7(3-6)8-4-14-5-9(8)11(15)16/h1-3,8-9,14H,4-5H2,(H,15,16). The van der Waals surface area contributed by atoms with E-state index in [1.54, 1.807) is 18.2 Å². The van der Waals surface area contributed by atoms with Gasteiger partial charge in [0, 0.05) is 29.1 Å². The van der Waals surface area contributed by atoms with Gasteiger partial charge in [0.2, 0.25) is 0 Å². The molecule has 2 atom stereocenters. The zero-order valence-corrected chi connectivity index (χ0v) is 9.92. The highest BCUT2D eigenvalue weighted by Crippen LogP contribution is 2.34. The first-order valence-electron chi connectivity index (χ1n) is 4.98. The van der Waals surface area contributed by atoms with Crippen molar-refractivity contribution >= 4 is 29.2 Å². The van der Waals surface area contributed by atoms with Gasteiger partial charge in [0.15, 0.2) is 0 Å². The molecule has 1 aromatic carbocycles. The summed E-state index contributed by atoms with van der Waals surface area (Å²) in [5.74, 6) is -1.34. The summed E-state index contributed by atoms with van der Waals surface area (Å²) < 4.78 is 0. The van der Waals surface area contributed by atoms with Crippen molar-refractivity contribution in [3.63, 3.8) is 0 Å². The number of hydrogen-bond acceptors (Lipinski definition) is 2. The van der Waals surface area contributed by atoms with E-state index in [2.05, 4.69) is 5.32 Å². The number of aliphatic carboxylic acids is 1. The van der Waals surface area contributed by atoms with Crippen LogP contribution in [0.25, 0.3) is 0 Å². The van der Waals surface area contributed by atoms with Gasteiger partial charge in [-0.25, -0.2) is 0 Å². The normalized spacial score (nSPS) is 24.6. The maximum atomic E-state index is 11.1. The third-order valence-corrected chi connectivity index (χ3v) is 3.47. The van der Waals surface area contributed by atoms with E-state index in [1.807, 2.05) is 0 Å². The number of carbonyl (C=O) groups is 1. The number of benzene rings is 1. The van der Waals surface area contributed by atoms with E-state index in [0.717, 1.165) is 5.56 Å². The Hall–Kier alpha value is -0.770. The Morgan fingerprint density at radius 2 is 2.12 bits per heavy atom. The van der Waals surface area contributed by atoms with Crippen LogP contribution in [0, 0.1) is 5.92 Å². The molecule has 1 saturated heterocycles. The third kappa shape index (κ3) is 2.17. The van der Waals surface area contributed by atoms with Crippen molar-refractivity contribution in [2.45, 2.75) is 5.92 Å². The molecule has 1 aliphatic rings. The Bertz CT molecular complexity index is 422. The fourth-order valence-electron chi connectivity index (χ4n) is 2.06. The lowest BCUT2D eigenvalue weighted by Gasteiger charge is -2.16. The highest BCUT2D eigenvalue weighted by Gasteiger charge is 2.34. The average molecular weight is 260 g/mol. The molecule has 1 fully saturated rings. The molecule has 0 aliphatic carbocycles. The van der Waals surface area contributed by atoms with Crippen LogP contribution in [0.2, 0.25) is 10.0 Å². The quantitative estimate of drug-likeness (QED) is 0.858. The predicted molar refractivity (Wildman–Crippen MR) is 63.2 cm³/mol. The minimum Gasteiger partial charge on any atom is -0.481 e. The molecule has 0 aromatic heterocycles. The smallest absolute Gasteiger partial charge is 0.308 e. The maximum Gasteiger partial charge on any atom is 0.308 e. The molecule has 0 radical (unpaired) electrons. The highest BCUT2D eigenvalue weighted by molar-refractivity contribution is 6.33. The summed E-state index contributed by atoms with van der Waals surface area (Å²) in [7, 11) is 0. The monoisotopic (exact) mass is 259 g/mol. The summed E-state index contributed by atoms with van der Waals surface area (Å²) in [6, 6.07) is 5.15. The molecule has 1 aliphatic heterocycles. The van der Waals surface area contributed by atoms with E-state index >= 15 is 0 Å².